The maximum absolute atomic E-state index is 14.4. The SMILES string of the molecule is CC(=O)O[C@@H]1CC[C@@]2(C)[C@H](CC[C@]3(C)[C@@H]2C(=O)C=C2[C@H]4[C@@H](C)[C@H](C)CC[C@]4(C(=O)O)CC[C@]23C)C1(C)C. The van der Waals surface area contributed by atoms with Gasteiger partial charge in [-0.15, -0.1) is 0 Å². The minimum absolute atomic E-state index is 0.0732. The summed E-state index contributed by atoms with van der Waals surface area (Å²) in [7, 11) is 0. The molecule has 0 spiro atoms. The van der Waals surface area contributed by atoms with Crippen molar-refractivity contribution < 1.29 is 24.2 Å². The molecule has 4 saturated carbocycles. The summed E-state index contributed by atoms with van der Waals surface area (Å²) >= 11 is 0. The van der Waals surface area contributed by atoms with Crippen molar-refractivity contribution in [1.82, 2.24) is 0 Å². The highest BCUT2D eigenvalue weighted by molar-refractivity contribution is 5.96. The van der Waals surface area contributed by atoms with Crippen LogP contribution in [0, 0.1) is 56.7 Å². The maximum atomic E-state index is 14.4. The third-order valence-corrected chi connectivity index (χ3v) is 13.4. The molecule has 0 bridgehead atoms. The van der Waals surface area contributed by atoms with Crippen LogP contribution in [0.2, 0.25) is 0 Å². The predicted molar refractivity (Wildman–Crippen MR) is 143 cm³/mol. The monoisotopic (exact) mass is 512 g/mol. The predicted octanol–water partition coefficient (Wildman–Crippen LogP) is 6.84. The molecule has 0 aromatic heterocycles. The Morgan fingerprint density at radius 2 is 1.62 bits per heavy atom. The molecule has 1 N–H and O–H groups in total. The Kier molecular flexibility index (Phi) is 5.95. The first-order valence-electron chi connectivity index (χ1n) is 14.7. The summed E-state index contributed by atoms with van der Waals surface area (Å²) in [5, 5.41) is 10.6. The number of carboxylic acids is 1. The highest BCUT2D eigenvalue weighted by Gasteiger charge is 2.71. The zero-order chi connectivity index (χ0) is 27.3. The number of ether oxygens (including phenoxy) is 1. The van der Waals surface area contributed by atoms with E-state index in [0.717, 1.165) is 44.1 Å². The van der Waals surface area contributed by atoms with Gasteiger partial charge in [-0.25, -0.2) is 0 Å². The van der Waals surface area contributed by atoms with Gasteiger partial charge in [0.15, 0.2) is 5.78 Å². The minimum Gasteiger partial charge on any atom is -0.481 e. The van der Waals surface area contributed by atoms with Crippen LogP contribution in [0.1, 0.15) is 107 Å². The van der Waals surface area contributed by atoms with Crippen molar-refractivity contribution in [3.8, 4) is 0 Å². The van der Waals surface area contributed by atoms with Gasteiger partial charge in [0.2, 0.25) is 0 Å². The second-order valence-electron chi connectivity index (χ2n) is 15.1. The van der Waals surface area contributed by atoms with Gasteiger partial charge in [-0.05, 0) is 97.4 Å². The van der Waals surface area contributed by atoms with Crippen LogP contribution in [0.3, 0.4) is 0 Å². The van der Waals surface area contributed by atoms with Crippen molar-refractivity contribution >= 4 is 17.7 Å². The van der Waals surface area contributed by atoms with Gasteiger partial charge >= 0.3 is 11.9 Å². The summed E-state index contributed by atoms with van der Waals surface area (Å²) in [5.41, 5.74) is -0.378. The highest BCUT2D eigenvalue weighted by atomic mass is 16.5. The van der Waals surface area contributed by atoms with E-state index < -0.39 is 11.4 Å². The number of carboxylic acid groups (broad SMARTS) is 1. The van der Waals surface area contributed by atoms with Crippen molar-refractivity contribution in [3.63, 3.8) is 0 Å². The number of esters is 1. The Labute approximate surface area is 223 Å². The van der Waals surface area contributed by atoms with Crippen LogP contribution < -0.4 is 0 Å². The molecule has 0 aliphatic heterocycles. The summed E-state index contributed by atoms with van der Waals surface area (Å²) in [5.74, 6) is 0.135. The zero-order valence-electron chi connectivity index (χ0n) is 24.3. The number of fused-ring (bicyclic) bond motifs is 7. The molecule has 0 amide bonds. The lowest BCUT2D eigenvalue weighted by molar-refractivity contribution is -0.212. The van der Waals surface area contributed by atoms with Gasteiger partial charge in [-0.1, -0.05) is 54.0 Å². The topological polar surface area (TPSA) is 80.7 Å². The van der Waals surface area contributed by atoms with Crippen LogP contribution in [0.25, 0.3) is 0 Å². The van der Waals surface area contributed by atoms with Crippen LogP contribution in [-0.2, 0) is 19.1 Å². The normalized spacial score (nSPS) is 50.5. The molecule has 5 nitrogen and oxygen atoms in total. The maximum Gasteiger partial charge on any atom is 0.310 e. The van der Waals surface area contributed by atoms with E-state index in [9.17, 15) is 19.5 Å². The Balaban J connectivity index is 1.62. The fourth-order valence-electron chi connectivity index (χ4n) is 11.1. The number of carbonyl (C=O) groups is 3. The minimum atomic E-state index is -0.744. The molecule has 206 valence electrons. The summed E-state index contributed by atoms with van der Waals surface area (Å²) in [6.07, 6.45) is 8.65. The van der Waals surface area contributed by atoms with E-state index >= 15 is 0 Å². The molecule has 4 fully saturated rings. The van der Waals surface area contributed by atoms with Crippen molar-refractivity contribution in [1.29, 1.82) is 0 Å². The average Bonchev–Trinajstić information content (AvgIpc) is 2.79. The Morgan fingerprint density at radius 1 is 0.946 bits per heavy atom. The first-order chi connectivity index (χ1) is 17.1. The molecule has 5 aliphatic carbocycles. The van der Waals surface area contributed by atoms with E-state index in [4.69, 9.17) is 4.74 Å². The molecule has 0 unspecified atom stereocenters. The molecule has 5 rings (SSSR count). The molecular formula is C32H48O5. The molecule has 0 aromatic rings. The number of aliphatic carboxylic acids is 1. The number of ketones is 1. The lowest BCUT2D eigenvalue weighted by atomic mass is 9.33. The molecule has 0 heterocycles. The second-order valence-corrected chi connectivity index (χ2v) is 15.1. The fraction of sp³-hybridized carbons (Fsp3) is 0.844. The van der Waals surface area contributed by atoms with Crippen LogP contribution in [0.4, 0.5) is 0 Å². The largest absolute Gasteiger partial charge is 0.481 e. The van der Waals surface area contributed by atoms with Gasteiger partial charge in [0.25, 0.3) is 0 Å². The highest BCUT2D eigenvalue weighted by Crippen LogP contribution is 2.75. The summed E-state index contributed by atoms with van der Waals surface area (Å²) < 4.78 is 5.82. The Morgan fingerprint density at radius 3 is 2.24 bits per heavy atom. The van der Waals surface area contributed by atoms with E-state index in [1.54, 1.807) is 0 Å². The first kappa shape index (κ1) is 26.9. The second kappa shape index (κ2) is 8.18. The quantitative estimate of drug-likeness (QED) is 0.410. The van der Waals surface area contributed by atoms with E-state index in [2.05, 4.69) is 48.5 Å². The van der Waals surface area contributed by atoms with Crippen molar-refractivity contribution in [2.75, 3.05) is 0 Å². The third-order valence-electron chi connectivity index (χ3n) is 13.4. The average molecular weight is 513 g/mol. The van der Waals surface area contributed by atoms with E-state index in [1.807, 2.05) is 6.08 Å². The zero-order valence-corrected chi connectivity index (χ0v) is 24.3. The van der Waals surface area contributed by atoms with Gasteiger partial charge in [0, 0.05) is 18.3 Å². The fourth-order valence-corrected chi connectivity index (χ4v) is 11.1. The smallest absolute Gasteiger partial charge is 0.310 e. The molecule has 0 saturated heterocycles. The number of carbonyl (C=O) groups excluding carboxylic acids is 2. The lowest BCUT2D eigenvalue weighted by Crippen LogP contribution is -2.67. The Hall–Kier alpha value is -1.65. The molecular weight excluding hydrogens is 464 g/mol. The first-order valence-corrected chi connectivity index (χ1v) is 14.7. The van der Waals surface area contributed by atoms with E-state index in [0.29, 0.717) is 18.8 Å². The molecule has 0 aromatic carbocycles. The lowest BCUT2D eigenvalue weighted by Gasteiger charge is -2.70. The van der Waals surface area contributed by atoms with Crippen molar-refractivity contribution in [3.05, 3.63) is 11.6 Å². The molecule has 0 radical (unpaired) electrons. The van der Waals surface area contributed by atoms with E-state index in [-0.39, 0.29) is 63.2 Å². The number of hydrogen-bond donors (Lipinski definition) is 1. The van der Waals surface area contributed by atoms with Crippen LogP contribution in [-0.4, -0.2) is 28.9 Å². The van der Waals surface area contributed by atoms with Crippen molar-refractivity contribution in [2.24, 2.45) is 56.7 Å². The molecule has 5 heteroatoms. The Bertz CT molecular complexity index is 1060. The third kappa shape index (κ3) is 3.30. The van der Waals surface area contributed by atoms with Crippen LogP contribution in [0.15, 0.2) is 11.6 Å². The van der Waals surface area contributed by atoms with E-state index in [1.165, 1.54) is 6.92 Å². The van der Waals surface area contributed by atoms with Crippen LogP contribution >= 0.6 is 0 Å². The standard InChI is InChI=1S/C32H48O5/c1-18-9-14-32(27(35)36)16-15-30(7)21(25(32)19(18)2)17-22(34)26-29(6)12-11-24(37-20(3)33)28(4,5)23(29)10-13-31(26,30)8/h17-19,23-26H,9-16H2,1-8H3,(H,35,36)/t18-,19+,23-,24-,25-,26-,29+,30-,31-,32+/m1/s1. The summed E-state index contributed by atoms with van der Waals surface area (Å²) in [6.45, 7) is 17.5. The van der Waals surface area contributed by atoms with Gasteiger partial charge in [0.1, 0.15) is 6.10 Å². The molecule has 10 atom stereocenters. The van der Waals surface area contributed by atoms with Crippen LogP contribution in [0.5, 0.6) is 0 Å². The van der Waals surface area contributed by atoms with Crippen molar-refractivity contribution in [2.45, 2.75) is 113 Å². The molecule has 37 heavy (non-hydrogen) atoms. The van der Waals surface area contributed by atoms with Gasteiger partial charge < -0.3 is 9.84 Å². The molecule has 5 aliphatic rings. The summed E-state index contributed by atoms with van der Waals surface area (Å²) in [6, 6.07) is 0. The van der Waals surface area contributed by atoms with Gasteiger partial charge in [0.05, 0.1) is 5.41 Å². The number of rotatable bonds is 2. The summed E-state index contributed by atoms with van der Waals surface area (Å²) in [4.78, 5) is 39.1. The van der Waals surface area contributed by atoms with Gasteiger partial charge in [-0.2, -0.15) is 0 Å². The van der Waals surface area contributed by atoms with Gasteiger partial charge in [-0.3, -0.25) is 14.4 Å². The number of allylic oxidation sites excluding steroid dienone is 2. The number of hydrogen-bond acceptors (Lipinski definition) is 4.